The van der Waals surface area contributed by atoms with E-state index in [1.807, 2.05) is 0 Å². The Kier molecular flexibility index (Phi) is 1.94. The molecule has 0 radical (unpaired) electrons. The highest BCUT2D eigenvalue weighted by molar-refractivity contribution is 7.66. The number of hydroxylamine groups is 2. The van der Waals surface area contributed by atoms with Gasteiger partial charge in [-0.15, -0.1) is 0 Å². The first-order valence-electron chi connectivity index (χ1n) is 2.40. The summed E-state index contributed by atoms with van der Waals surface area (Å²) in [5.41, 5.74) is 0. The van der Waals surface area contributed by atoms with Gasteiger partial charge in [0.25, 0.3) is 0 Å². The molecule has 0 spiro atoms. The first kappa shape index (κ1) is 6.41. The quantitative estimate of drug-likeness (QED) is 0.342. The third kappa shape index (κ3) is 1.35. The Balaban J connectivity index is 2.90. The van der Waals surface area contributed by atoms with Crippen molar-refractivity contribution < 1.29 is 9.27 Å². The molecule has 0 aromatic heterocycles. The van der Waals surface area contributed by atoms with Crippen molar-refractivity contribution in [1.29, 1.82) is 0 Å². The van der Waals surface area contributed by atoms with Gasteiger partial charge in [0.1, 0.15) is 0 Å². The third-order valence-corrected chi connectivity index (χ3v) is 1.46. The topological polar surface area (TPSA) is 44.6 Å². The zero-order valence-corrected chi connectivity index (χ0v) is 5.35. The molecule has 0 amide bonds. The van der Waals surface area contributed by atoms with Crippen LogP contribution >= 0.6 is 0 Å². The molecule has 0 fully saturated rings. The van der Waals surface area contributed by atoms with Crippen LogP contribution in [-0.4, -0.2) is 9.20 Å². The molecule has 1 atom stereocenters. The molecule has 0 saturated heterocycles. The fourth-order valence-electron chi connectivity index (χ4n) is 0.519. The van der Waals surface area contributed by atoms with Gasteiger partial charge in [-0.2, -0.15) is 0 Å². The van der Waals surface area contributed by atoms with Crippen LogP contribution < -0.4 is 5.06 Å². The van der Waals surface area contributed by atoms with E-state index in [1.54, 1.807) is 12.2 Å². The van der Waals surface area contributed by atoms with Crippen molar-refractivity contribution in [3.8, 4) is 0 Å². The molecule has 0 saturated carbocycles. The van der Waals surface area contributed by atoms with Crippen LogP contribution in [0.1, 0.15) is 0 Å². The lowest BCUT2D eigenvalue weighted by atomic mass is 10.4. The van der Waals surface area contributed by atoms with Crippen molar-refractivity contribution in [2.45, 2.75) is 0 Å². The maximum absolute atomic E-state index is 10.6. The highest BCUT2D eigenvalue weighted by Crippen LogP contribution is 1.77. The van der Waals surface area contributed by atoms with Crippen molar-refractivity contribution in [2.75, 3.05) is 0 Å². The number of rotatable bonds is 0. The molecule has 1 rings (SSSR count). The Morgan fingerprint density at radius 3 is 2.78 bits per heavy atom. The van der Waals surface area contributed by atoms with Crippen molar-refractivity contribution in [2.24, 2.45) is 0 Å². The van der Waals surface area contributed by atoms with E-state index in [1.165, 1.54) is 12.3 Å². The van der Waals surface area contributed by atoms with Gasteiger partial charge in [0.2, 0.25) is 4.99 Å². The van der Waals surface area contributed by atoms with Crippen LogP contribution in [0.3, 0.4) is 0 Å². The summed E-state index contributed by atoms with van der Waals surface area (Å²) >= 11 is 0.233. The van der Waals surface area contributed by atoms with E-state index in [9.17, 15) is 9.42 Å². The molecule has 1 aliphatic rings. The molecule has 9 heavy (non-hydrogen) atoms. The van der Waals surface area contributed by atoms with E-state index in [4.69, 9.17) is 0 Å². The highest BCUT2D eigenvalue weighted by atomic mass is 32.1. The lowest BCUT2D eigenvalue weighted by Gasteiger charge is -2.15. The number of hydrogen-bond donors (Lipinski definition) is 1. The summed E-state index contributed by atoms with van der Waals surface area (Å²) in [5.74, 6) is 0. The fraction of sp³-hybridized carbons (Fsp3) is 0. The Bertz CT molecular complexity index is 215. The number of quaternary nitrogens is 1. The van der Waals surface area contributed by atoms with Crippen LogP contribution in [0.2, 0.25) is 0 Å². The second kappa shape index (κ2) is 2.72. The van der Waals surface area contributed by atoms with Crippen molar-refractivity contribution >= 4 is 16.2 Å². The van der Waals surface area contributed by atoms with Crippen LogP contribution in [0.15, 0.2) is 24.4 Å². The maximum Gasteiger partial charge on any atom is 0.229 e. The average Bonchev–Trinajstić information content (AvgIpc) is 1.89. The Morgan fingerprint density at radius 1 is 1.56 bits per heavy atom. The van der Waals surface area contributed by atoms with E-state index in [0.717, 1.165) is 0 Å². The van der Waals surface area contributed by atoms with E-state index >= 15 is 0 Å². The molecule has 3 nitrogen and oxygen atoms in total. The molecule has 4 heteroatoms. The van der Waals surface area contributed by atoms with E-state index in [-0.39, 0.29) is 21.3 Å². The predicted octanol–water partition coefficient (Wildman–Crippen LogP) is -1.20. The summed E-state index contributed by atoms with van der Waals surface area (Å²) in [7, 11) is 0. The minimum Gasteiger partial charge on any atom is -0.623 e. The highest BCUT2D eigenvalue weighted by Gasteiger charge is 2.01. The van der Waals surface area contributed by atoms with Gasteiger partial charge in [-0.1, -0.05) is 6.08 Å². The molecule has 0 aliphatic carbocycles. The SMILES string of the molecule is O=S=C1C=CC=C[NH+]1[O-]. The first-order valence-corrected chi connectivity index (χ1v) is 3.14. The molecule has 0 bridgehead atoms. The molecule has 0 aromatic rings. The smallest absolute Gasteiger partial charge is 0.229 e. The molecule has 48 valence electrons. The van der Waals surface area contributed by atoms with Crippen LogP contribution in [0.25, 0.3) is 0 Å². The maximum atomic E-state index is 10.6. The van der Waals surface area contributed by atoms with Gasteiger partial charge in [-0.3, -0.25) is 0 Å². The molecular weight excluding hydrogens is 138 g/mol. The zero-order chi connectivity index (χ0) is 6.69. The summed E-state index contributed by atoms with van der Waals surface area (Å²) in [6.45, 7) is 0. The number of nitrogens with one attached hydrogen (secondary N) is 1. The number of hydrogen-bond acceptors (Lipinski definition) is 2. The second-order valence-corrected chi connectivity index (χ2v) is 2.14. The Hall–Kier alpha value is -0.710. The predicted molar refractivity (Wildman–Crippen MR) is 35.8 cm³/mol. The second-order valence-electron chi connectivity index (χ2n) is 1.53. The minimum atomic E-state index is -0.197. The van der Waals surface area contributed by atoms with Crippen LogP contribution in [0.4, 0.5) is 0 Å². The summed E-state index contributed by atoms with van der Waals surface area (Å²) < 4.78 is 10.1. The fourth-order valence-corrected chi connectivity index (χ4v) is 0.803. The van der Waals surface area contributed by atoms with Gasteiger partial charge < -0.3 is 10.3 Å². The molecule has 1 heterocycles. The van der Waals surface area contributed by atoms with Gasteiger partial charge >= 0.3 is 0 Å². The van der Waals surface area contributed by atoms with Crippen molar-refractivity contribution in [3.63, 3.8) is 0 Å². The minimum absolute atomic E-state index is 0.197. The van der Waals surface area contributed by atoms with E-state index in [2.05, 4.69) is 0 Å². The largest absolute Gasteiger partial charge is 0.623 e. The monoisotopic (exact) mass is 143 g/mol. The average molecular weight is 143 g/mol. The van der Waals surface area contributed by atoms with Crippen LogP contribution in [0.5, 0.6) is 0 Å². The molecule has 1 N–H and O–H groups in total. The molecule has 0 aromatic carbocycles. The summed E-state index contributed by atoms with van der Waals surface area (Å²) in [6.07, 6.45) is 6.17. The lowest BCUT2D eigenvalue weighted by molar-refractivity contribution is -0.679. The van der Waals surface area contributed by atoms with Gasteiger partial charge in [0.15, 0.2) is 11.3 Å². The Morgan fingerprint density at radius 2 is 2.33 bits per heavy atom. The molecular formula is C5H5NO2S. The van der Waals surface area contributed by atoms with Gasteiger partial charge in [-0.05, 0) is 6.08 Å². The first-order chi connectivity index (χ1) is 4.34. The summed E-state index contributed by atoms with van der Waals surface area (Å²) in [4.78, 5) is 0.262. The van der Waals surface area contributed by atoms with E-state index in [0.29, 0.717) is 0 Å². The van der Waals surface area contributed by atoms with Crippen LogP contribution in [-0.2, 0) is 11.3 Å². The normalized spacial score (nSPS) is 24.6. The standard InChI is InChI=1S/C5H5NO2S/c7-6-4-2-1-3-5(6)9-8/h1-4,6H. The zero-order valence-electron chi connectivity index (χ0n) is 4.53. The third-order valence-electron chi connectivity index (χ3n) is 0.939. The summed E-state index contributed by atoms with van der Waals surface area (Å²) in [6, 6.07) is 0. The van der Waals surface area contributed by atoms with Crippen molar-refractivity contribution in [3.05, 3.63) is 29.6 Å². The van der Waals surface area contributed by atoms with Crippen molar-refractivity contribution in [1.82, 2.24) is 0 Å². The van der Waals surface area contributed by atoms with Crippen LogP contribution in [0, 0.1) is 5.21 Å². The molecule has 1 aliphatic heterocycles. The summed E-state index contributed by atoms with van der Waals surface area (Å²) in [5, 5.41) is 10.4. The Labute approximate surface area is 55.9 Å². The number of allylic oxidation sites excluding steroid dienone is 2. The molecule has 1 unspecified atom stereocenters. The lowest BCUT2D eigenvalue weighted by Crippen LogP contribution is -3.05. The van der Waals surface area contributed by atoms with Gasteiger partial charge in [-0.25, -0.2) is 4.21 Å². The van der Waals surface area contributed by atoms with Gasteiger partial charge in [0, 0.05) is 6.08 Å². The van der Waals surface area contributed by atoms with Gasteiger partial charge in [0.05, 0.1) is 6.20 Å². The van der Waals surface area contributed by atoms with E-state index < -0.39 is 0 Å².